The van der Waals surface area contributed by atoms with Gasteiger partial charge in [-0.3, -0.25) is 9.59 Å². The molecule has 0 saturated heterocycles. The van der Waals surface area contributed by atoms with Crippen molar-refractivity contribution in [1.29, 1.82) is 0 Å². The van der Waals surface area contributed by atoms with Crippen LogP contribution in [-0.2, 0) is 16.2 Å². The zero-order chi connectivity index (χ0) is 27.7. The molecule has 0 unspecified atom stereocenters. The predicted molar refractivity (Wildman–Crippen MR) is 149 cm³/mol. The first-order chi connectivity index (χ1) is 17.5. The quantitative estimate of drug-likeness (QED) is 0.207. The summed E-state index contributed by atoms with van der Waals surface area (Å²) in [5, 5.41) is 32.9. The summed E-state index contributed by atoms with van der Waals surface area (Å²) in [5.41, 5.74) is 1.83. The van der Waals surface area contributed by atoms with E-state index in [1.165, 1.54) is 13.2 Å². The number of hydrogen-bond donors (Lipinski definition) is 4. The van der Waals surface area contributed by atoms with Crippen molar-refractivity contribution in [1.82, 2.24) is 10.2 Å². The highest BCUT2D eigenvalue weighted by Crippen LogP contribution is 2.37. The number of benzene rings is 1. The van der Waals surface area contributed by atoms with Crippen molar-refractivity contribution in [2.24, 2.45) is 5.92 Å². The monoisotopic (exact) mass is 630 g/mol. The standard InChI is InChI=1S/C27H39IN2O7/c1-16(2)6-8-30(24(33)10-17(3)4)21-13-19(27(35)29-7-9-31)14-22(25(21)34)37-26-20(28)11-18(15-32)12-23(26)36-5/h10-12,14,16,21-22,25,31-32,34H,6-9,13,15H2,1-5H3,(H,29,35)/t21-,22+,25+/m1/s1. The molecule has 0 bridgehead atoms. The van der Waals surface area contributed by atoms with Gasteiger partial charge in [0.25, 0.3) is 0 Å². The number of amides is 2. The molecule has 0 aliphatic heterocycles. The number of methoxy groups -OCH3 is 1. The summed E-state index contributed by atoms with van der Waals surface area (Å²) in [7, 11) is 1.48. The fraction of sp³-hybridized carbons (Fsp3) is 0.556. The van der Waals surface area contributed by atoms with Gasteiger partial charge in [0, 0.05) is 31.2 Å². The first-order valence-corrected chi connectivity index (χ1v) is 13.5. The fourth-order valence-corrected chi connectivity index (χ4v) is 4.85. The van der Waals surface area contributed by atoms with Crippen LogP contribution in [0.25, 0.3) is 0 Å². The Bertz CT molecular complexity index is 1000. The Morgan fingerprint density at radius 2 is 1.97 bits per heavy atom. The third-order valence-corrected chi connectivity index (χ3v) is 6.78. The molecule has 0 heterocycles. The number of nitrogens with zero attached hydrogens (tertiary/aromatic N) is 1. The molecule has 0 radical (unpaired) electrons. The summed E-state index contributed by atoms with van der Waals surface area (Å²) in [6.45, 7) is 7.89. The van der Waals surface area contributed by atoms with Gasteiger partial charge in [-0.1, -0.05) is 19.4 Å². The lowest BCUT2D eigenvalue weighted by Gasteiger charge is -2.40. The van der Waals surface area contributed by atoms with Crippen LogP contribution < -0.4 is 14.8 Å². The van der Waals surface area contributed by atoms with E-state index in [1.807, 2.05) is 13.8 Å². The van der Waals surface area contributed by atoms with Crippen LogP contribution in [0.2, 0.25) is 0 Å². The van der Waals surface area contributed by atoms with Crippen molar-refractivity contribution in [2.75, 3.05) is 26.8 Å². The number of aliphatic hydroxyl groups is 3. The molecule has 4 N–H and O–H groups in total. The molecule has 2 rings (SSSR count). The Balaban J connectivity index is 2.53. The van der Waals surface area contributed by atoms with E-state index in [4.69, 9.17) is 14.6 Å². The van der Waals surface area contributed by atoms with Gasteiger partial charge in [0.2, 0.25) is 11.8 Å². The second kappa shape index (κ2) is 14.7. The van der Waals surface area contributed by atoms with Crippen molar-refractivity contribution in [2.45, 2.75) is 65.4 Å². The molecule has 9 nitrogen and oxygen atoms in total. The van der Waals surface area contributed by atoms with Gasteiger partial charge in [0.15, 0.2) is 11.5 Å². The maximum atomic E-state index is 13.2. The summed E-state index contributed by atoms with van der Waals surface area (Å²) >= 11 is 2.06. The largest absolute Gasteiger partial charge is 0.493 e. The molecule has 2 amide bonds. The van der Waals surface area contributed by atoms with Crippen LogP contribution in [0.4, 0.5) is 0 Å². The van der Waals surface area contributed by atoms with E-state index in [-0.39, 0.29) is 32.1 Å². The molecule has 206 valence electrons. The lowest BCUT2D eigenvalue weighted by Crippen LogP contribution is -2.55. The van der Waals surface area contributed by atoms with Crippen LogP contribution in [0.5, 0.6) is 11.5 Å². The van der Waals surface area contributed by atoms with E-state index in [2.05, 4.69) is 41.8 Å². The van der Waals surface area contributed by atoms with E-state index >= 15 is 0 Å². The third kappa shape index (κ3) is 8.69. The molecule has 10 heteroatoms. The number of halogens is 1. The number of rotatable bonds is 12. The van der Waals surface area contributed by atoms with E-state index in [0.717, 1.165) is 12.0 Å². The third-order valence-electron chi connectivity index (χ3n) is 5.98. The highest BCUT2D eigenvalue weighted by molar-refractivity contribution is 14.1. The molecular formula is C27H39IN2O7. The Morgan fingerprint density at radius 3 is 2.54 bits per heavy atom. The maximum absolute atomic E-state index is 13.2. The molecule has 0 saturated carbocycles. The number of hydrogen-bond acceptors (Lipinski definition) is 7. The number of ether oxygens (including phenoxy) is 2. The molecule has 1 aliphatic rings. The Kier molecular flexibility index (Phi) is 12.3. The zero-order valence-corrected chi connectivity index (χ0v) is 24.3. The number of allylic oxidation sites excluding steroid dienone is 1. The van der Waals surface area contributed by atoms with Crippen LogP contribution in [0.3, 0.4) is 0 Å². The highest BCUT2D eigenvalue weighted by atomic mass is 127. The minimum Gasteiger partial charge on any atom is -0.493 e. The van der Waals surface area contributed by atoms with Crippen molar-refractivity contribution < 1.29 is 34.4 Å². The smallest absolute Gasteiger partial charge is 0.247 e. The predicted octanol–water partition coefficient (Wildman–Crippen LogP) is 2.55. The summed E-state index contributed by atoms with van der Waals surface area (Å²) in [5.74, 6) is 0.437. The van der Waals surface area contributed by atoms with Gasteiger partial charge >= 0.3 is 0 Å². The van der Waals surface area contributed by atoms with Crippen molar-refractivity contribution in [3.05, 3.63) is 44.6 Å². The molecular weight excluding hydrogens is 591 g/mol. The topological polar surface area (TPSA) is 129 Å². The highest BCUT2D eigenvalue weighted by Gasteiger charge is 2.40. The number of carbonyl (C=O) groups excluding carboxylic acids is 2. The molecule has 37 heavy (non-hydrogen) atoms. The number of nitrogens with one attached hydrogen (secondary N) is 1. The van der Waals surface area contributed by atoms with Gasteiger partial charge in [-0.25, -0.2) is 0 Å². The van der Waals surface area contributed by atoms with Crippen LogP contribution in [0.15, 0.2) is 35.4 Å². The number of carbonyl (C=O) groups is 2. The molecule has 0 aromatic heterocycles. The first-order valence-electron chi connectivity index (χ1n) is 12.4. The van der Waals surface area contributed by atoms with Gasteiger partial charge in [0.1, 0.15) is 12.2 Å². The van der Waals surface area contributed by atoms with E-state index in [9.17, 15) is 19.8 Å². The summed E-state index contributed by atoms with van der Waals surface area (Å²) < 4.78 is 12.4. The van der Waals surface area contributed by atoms with Crippen LogP contribution in [0, 0.1) is 9.49 Å². The van der Waals surface area contributed by atoms with Crippen LogP contribution in [0.1, 0.15) is 46.1 Å². The molecule has 3 atom stereocenters. The lowest BCUT2D eigenvalue weighted by molar-refractivity contribution is -0.133. The first kappa shape index (κ1) is 31.1. The second-order valence-electron chi connectivity index (χ2n) is 9.72. The second-order valence-corrected chi connectivity index (χ2v) is 10.9. The van der Waals surface area contributed by atoms with Gasteiger partial charge in [-0.15, -0.1) is 0 Å². The van der Waals surface area contributed by atoms with E-state index in [0.29, 0.717) is 38.7 Å². The van der Waals surface area contributed by atoms with Gasteiger partial charge in [-0.05, 0) is 72.5 Å². The molecule has 1 aromatic rings. The minimum atomic E-state index is -1.13. The fourth-order valence-electron chi connectivity index (χ4n) is 4.06. The minimum absolute atomic E-state index is 0.0804. The van der Waals surface area contributed by atoms with Crippen molar-refractivity contribution >= 4 is 34.4 Å². The van der Waals surface area contributed by atoms with E-state index < -0.39 is 24.2 Å². The average molecular weight is 631 g/mol. The van der Waals surface area contributed by atoms with Crippen LogP contribution in [-0.4, -0.2) is 77.1 Å². The van der Waals surface area contributed by atoms with Crippen molar-refractivity contribution in [3.8, 4) is 11.5 Å². The van der Waals surface area contributed by atoms with Gasteiger partial charge in [0.05, 0.1) is 29.9 Å². The van der Waals surface area contributed by atoms with Gasteiger partial charge in [-0.2, -0.15) is 0 Å². The normalized spacial score (nSPS) is 19.2. The zero-order valence-electron chi connectivity index (χ0n) is 22.2. The summed E-state index contributed by atoms with van der Waals surface area (Å²) in [6.07, 6.45) is 1.87. The molecule has 1 aliphatic carbocycles. The molecule has 0 fully saturated rings. The number of aliphatic hydroxyl groups excluding tert-OH is 3. The lowest BCUT2D eigenvalue weighted by atomic mass is 9.87. The Hall–Kier alpha value is -2.15. The molecule has 1 aromatic carbocycles. The van der Waals surface area contributed by atoms with E-state index in [1.54, 1.807) is 23.1 Å². The SMILES string of the molecule is COc1cc(CO)cc(I)c1O[C@H]1C=C(C(=O)NCCO)C[C@@H](N(CCC(C)C)C(=O)C=C(C)C)[C@@H]1O. The van der Waals surface area contributed by atoms with Gasteiger partial charge < -0.3 is 35.0 Å². The summed E-state index contributed by atoms with van der Waals surface area (Å²) in [6, 6.07) is 2.68. The average Bonchev–Trinajstić information content (AvgIpc) is 2.84. The summed E-state index contributed by atoms with van der Waals surface area (Å²) in [4.78, 5) is 27.8. The maximum Gasteiger partial charge on any atom is 0.247 e. The van der Waals surface area contributed by atoms with Crippen LogP contribution >= 0.6 is 22.6 Å². The Morgan fingerprint density at radius 1 is 1.27 bits per heavy atom. The Labute approximate surface area is 232 Å². The molecule has 0 spiro atoms. The van der Waals surface area contributed by atoms with Crippen molar-refractivity contribution in [3.63, 3.8) is 0 Å².